The number of nitrogens with one attached hydrogen (secondary N) is 2. The normalized spacial score (nSPS) is 22.4. The number of sulfonamides is 2. The molecule has 33 heavy (non-hydrogen) atoms. The van der Waals surface area contributed by atoms with Crippen LogP contribution in [0.1, 0.15) is 36.8 Å². The number of hydrogen-bond donors (Lipinski definition) is 2. The van der Waals surface area contributed by atoms with Crippen LogP contribution in [0.2, 0.25) is 0 Å². The van der Waals surface area contributed by atoms with E-state index >= 15 is 0 Å². The Morgan fingerprint density at radius 3 is 1.58 bits per heavy atom. The molecule has 2 atom stereocenters. The third kappa shape index (κ3) is 4.87. The lowest BCUT2D eigenvalue weighted by molar-refractivity contribution is 0.114. The highest BCUT2D eigenvalue weighted by molar-refractivity contribution is 7.89. The maximum Gasteiger partial charge on any atom is 0.240 e. The van der Waals surface area contributed by atoms with Crippen LogP contribution < -0.4 is 9.44 Å². The van der Waals surface area contributed by atoms with Gasteiger partial charge in [0.15, 0.2) is 0 Å². The van der Waals surface area contributed by atoms with Crippen molar-refractivity contribution in [1.82, 2.24) is 9.44 Å². The Bertz CT molecular complexity index is 1150. The SMILES string of the molecule is O=S(=O)(NCC1CCCO1)c1ccc2c(c1)Cc1cc(S(=O)(=O)NCC3CCCO3)ccc1-2. The van der Waals surface area contributed by atoms with E-state index in [0.29, 0.717) is 19.6 Å². The maximum absolute atomic E-state index is 12.8. The zero-order chi connectivity index (χ0) is 23.1. The molecule has 5 rings (SSSR count). The highest BCUT2D eigenvalue weighted by Gasteiger charge is 2.26. The van der Waals surface area contributed by atoms with Crippen molar-refractivity contribution in [3.05, 3.63) is 47.5 Å². The molecule has 178 valence electrons. The number of fused-ring (bicyclic) bond motifs is 3. The molecule has 2 aliphatic heterocycles. The summed E-state index contributed by atoms with van der Waals surface area (Å²) in [6.07, 6.45) is 3.94. The molecule has 3 aliphatic rings. The van der Waals surface area contributed by atoms with E-state index in [2.05, 4.69) is 9.44 Å². The summed E-state index contributed by atoms with van der Waals surface area (Å²) >= 11 is 0. The Morgan fingerprint density at radius 2 is 1.18 bits per heavy atom. The highest BCUT2D eigenvalue weighted by atomic mass is 32.2. The van der Waals surface area contributed by atoms with E-state index in [1.807, 2.05) is 0 Å². The Morgan fingerprint density at radius 1 is 0.727 bits per heavy atom. The van der Waals surface area contributed by atoms with Gasteiger partial charge in [0.05, 0.1) is 22.0 Å². The van der Waals surface area contributed by atoms with Crippen molar-refractivity contribution in [3.63, 3.8) is 0 Å². The third-order valence-corrected chi connectivity index (χ3v) is 9.34. The topological polar surface area (TPSA) is 111 Å². The second kappa shape index (κ2) is 9.09. The number of hydrogen-bond acceptors (Lipinski definition) is 6. The van der Waals surface area contributed by atoms with Crippen LogP contribution in [0.25, 0.3) is 11.1 Å². The molecule has 0 spiro atoms. The predicted molar refractivity (Wildman–Crippen MR) is 123 cm³/mol. The quantitative estimate of drug-likeness (QED) is 0.499. The summed E-state index contributed by atoms with van der Waals surface area (Å²) in [4.78, 5) is 0.413. The van der Waals surface area contributed by atoms with E-state index in [1.165, 1.54) is 0 Å². The molecule has 1 aliphatic carbocycles. The largest absolute Gasteiger partial charge is 0.377 e. The van der Waals surface area contributed by atoms with E-state index in [-0.39, 0.29) is 35.1 Å². The van der Waals surface area contributed by atoms with Crippen LogP contribution in [0.5, 0.6) is 0 Å². The first-order valence-electron chi connectivity index (χ1n) is 11.3. The summed E-state index contributed by atoms with van der Waals surface area (Å²) in [6, 6.07) is 10.1. The molecule has 0 radical (unpaired) electrons. The van der Waals surface area contributed by atoms with Crippen molar-refractivity contribution in [1.29, 1.82) is 0 Å². The maximum atomic E-state index is 12.8. The van der Waals surface area contributed by atoms with Gasteiger partial charge in [-0.15, -0.1) is 0 Å². The van der Waals surface area contributed by atoms with Crippen LogP contribution in [0.4, 0.5) is 0 Å². The van der Waals surface area contributed by atoms with E-state index in [1.54, 1.807) is 36.4 Å². The van der Waals surface area contributed by atoms with Gasteiger partial charge in [0.25, 0.3) is 0 Å². The van der Waals surface area contributed by atoms with Crippen LogP contribution in [-0.2, 0) is 35.9 Å². The smallest absolute Gasteiger partial charge is 0.240 e. The predicted octanol–water partition coefficient (Wildman–Crippen LogP) is 2.17. The van der Waals surface area contributed by atoms with Crippen molar-refractivity contribution in [2.45, 2.75) is 54.1 Å². The van der Waals surface area contributed by atoms with Crippen LogP contribution in [-0.4, -0.2) is 55.3 Å². The fraction of sp³-hybridized carbons (Fsp3) is 0.478. The van der Waals surface area contributed by atoms with Gasteiger partial charge in [0, 0.05) is 26.3 Å². The van der Waals surface area contributed by atoms with Crippen LogP contribution in [0.3, 0.4) is 0 Å². The average Bonchev–Trinajstić information content (AvgIpc) is 3.56. The lowest BCUT2D eigenvalue weighted by Crippen LogP contribution is -2.31. The molecule has 0 bridgehead atoms. The molecule has 2 fully saturated rings. The zero-order valence-corrected chi connectivity index (χ0v) is 19.9. The summed E-state index contributed by atoms with van der Waals surface area (Å²) in [5.41, 5.74) is 3.59. The van der Waals surface area contributed by atoms with Gasteiger partial charge < -0.3 is 9.47 Å². The van der Waals surface area contributed by atoms with Crippen molar-refractivity contribution < 1.29 is 26.3 Å². The van der Waals surface area contributed by atoms with Gasteiger partial charge in [0.2, 0.25) is 20.0 Å². The summed E-state index contributed by atoms with van der Waals surface area (Å²) in [7, 11) is -7.30. The Hall–Kier alpha value is -1.82. The molecule has 0 amide bonds. The van der Waals surface area contributed by atoms with Crippen molar-refractivity contribution in [3.8, 4) is 11.1 Å². The molecule has 2 unspecified atom stereocenters. The van der Waals surface area contributed by atoms with E-state index in [0.717, 1.165) is 47.9 Å². The summed E-state index contributed by atoms with van der Waals surface area (Å²) < 4.78 is 67.3. The fourth-order valence-corrected chi connectivity index (χ4v) is 6.91. The fourth-order valence-electron chi connectivity index (χ4n) is 4.68. The molecule has 2 aromatic carbocycles. The first kappa shape index (κ1) is 22.9. The van der Waals surface area contributed by atoms with Gasteiger partial charge >= 0.3 is 0 Å². The van der Waals surface area contributed by atoms with Crippen molar-refractivity contribution >= 4 is 20.0 Å². The summed E-state index contributed by atoms with van der Waals surface area (Å²) in [5.74, 6) is 0. The molecule has 2 N–H and O–H groups in total. The monoisotopic (exact) mass is 492 g/mol. The minimum atomic E-state index is -3.65. The lowest BCUT2D eigenvalue weighted by atomic mass is 10.1. The van der Waals surface area contributed by atoms with Crippen LogP contribution in [0.15, 0.2) is 46.2 Å². The van der Waals surface area contributed by atoms with Gasteiger partial charge in [-0.3, -0.25) is 0 Å². The number of ether oxygens (including phenoxy) is 2. The lowest BCUT2D eigenvalue weighted by Gasteiger charge is -2.12. The second-order valence-electron chi connectivity index (χ2n) is 8.79. The summed E-state index contributed by atoms with van der Waals surface area (Å²) in [5, 5.41) is 0. The molecule has 2 saturated heterocycles. The standard InChI is InChI=1S/C23H28N2O6S2/c26-32(27,24-14-18-3-1-9-30-18)20-5-7-22-16(12-20)11-17-13-21(6-8-23(17)22)33(28,29)25-15-19-4-2-10-31-19/h5-8,12-13,18-19,24-25H,1-4,9-11,14-15H2. The molecular formula is C23H28N2O6S2. The van der Waals surface area contributed by atoms with Crippen LogP contribution >= 0.6 is 0 Å². The van der Waals surface area contributed by atoms with Gasteiger partial charge in [-0.25, -0.2) is 26.3 Å². The molecule has 2 aromatic rings. The average molecular weight is 493 g/mol. The van der Waals surface area contributed by atoms with E-state index < -0.39 is 20.0 Å². The molecule has 2 heterocycles. The van der Waals surface area contributed by atoms with Gasteiger partial charge in [0.1, 0.15) is 0 Å². The first-order chi connectivity index (χ1) is 15.8. The van der Waals surface area contributed by atoms with Crippen molar-refractivity contribution in [2.75, 3.05) is 26.3 Å². The minimum absolute atomic E-state index is 0.0762. The highest BCUT2D eigenvalue weighted by Crippen LogP contribution is 2.38. The summed E-state index contributed by atoms with van der Waals surface area (Å²) in [6.45, 7) is 1.87. The van der Waals surface area contributed by atoms with Crippen molar-refractivity contribution in [2.24, 2.45) is 0 Å². The van der Waals surface area contributed by atoms with Gasteiger partial charge in [-0.05, 0) is 78.6 Å². The molecule has 10 heteroatoms. The molecule has 0 aromatic heterocycles. The third-order valence-electron chi connectivity index (χ3n) is 6.50. The Balaban J connectivity index is 1.31. The second-order valence-corrected chi connectivity index (χ2v) is 12.3. The number of benzene rings is 2. The van der Waals surface area contributed by atoms with E-state index in [4.69, 9.17) is 9.47 Å². The Labute approximate surface area is 194 Å². The number of rotatable bonds is 8. The van der Waals surface area contributed by atoms with Gasteiger partial charge in [-0.1, -0.05) is 12.1 Å². The molecule has 8 nitrogen and oxygen atoms in total. The Kier molecular flexibility index (Phi) is 6.32. The van der Waals surface area contributed by atoms with Gasteiger partial charge in [-0.2, -0.15) is 0 Å². The van der Waals surface area contributed by atoms with Crippen LogP contribution in [0, 0.1) is 0 Å². The minimum Gasteiger partial charge on any atom is -0.377 e. The van der Waals surface area contributed by atoms with E-state index in [9.17, 15) is 16.8 Å². The zero-order valence-electron chi connectivity index (χ0n) is 18.2. The molecular weight excluding hydrogens is 464 g/mol. The molecule has 0 saturated carbocycles. The first-order valence-corrected chi connectivity index (χ1v) is 14.3.